The Hall–Kier alpha value is -1.22. The normalized spacial score (nSPS) is 11.4. The van der Waals surface area contributed by atoms with Crippen LogP contribution in [0.3, 0.4) is 0 Å². The number of aryl methyl sites for hydroxylation is 2. The van der Waals surface area contributed by atoms with Crippen LogP contribution in [0, 0.1) is 13.8 Å². The smallest absolute Gasteiger partial charge is 0.142 e. The van der Waals surface area contributed by atoms with Gasteiger partial charge in [-0.1, -0.05) is 0 Å². The van der Waals surface area contributed by atoms with Crippen LogP contribution in [0.2, 0.25) is 0 Å². The topological polar surface area (TPSA) is 47.3 Å². The van der Waals surface area contributed by atoms with Gasteiger partial charge in [-0.05, 0) is 63.8 Å². The Morgan fingerprint density at radius 2 is 1.83 bits per heavy atom. The molecule has 102 valence electrons. The number of hydrogen-bond donors (Lipinski definition) is 2. The third-order valence-electron chi connectivity index (χ3n) is 3.13. The zero-order valence-corrected chi connectivity index (χ0v) is 12.3. The van der Waals surface area contributed by atoms with Crippen LogP contribution in [0.15, 0.2) is 12.1 Å². The number of ether oxygens (including phenoxy) is 1. The molecule has 0 amide bonds. The van der Waals surface area contributed by atoms with E-state index < -0.39 is 0 Å². The molecule has 0 spiro atoms. The van der Waals surface area contributed by atoms with Crippen LogP contribution in [0.1, 0.15) is 37.8 Å². The molecule has 0 radical (unpaired) electrons. The van der Waals surface area contributed by atoms with Crippen molar-refractivity contribution in [3.05, 3.63) is 23.3 Å². The van der Waals surface area contributed by atoms with Crippen molar-refractivity contribution in [3.63, 3.8) is 0 Å². The summed E-state index contributed by atoms with van der Waals surface area (Å²) in [5.74, 6) is 0.908. The van der Waals surface area contributed by atoms with Gasteiger partial charge in [-0.15, -0.1) is 0 Å². The first-order valence-electron chi connectivity index (χ1n) is 6.51. The summed E-state index contributed by atoms with van der Waals surface area (Å²) in [5, 5.41) is 3.42. The highest BCUT2D eigenvalue weighted by Crippen LogP contribution is 2.27. The van der Waals surface area contributed by atoms with E-state index in [4.69, 9.17) is 10.5 Å². The standard InChI is InChI=1S/C15H26N2O/c1-11-9-13(14(18-5)10-12(11)2)17-8-6-7-15(3,4)16/h9-10,17H,6-8,16H2,1-5H3. The van der Waals surface area contributed by atoms with E-state index in [1.165, 1.54) is 11.1 Å². The van der Waals surface area contributed by atoms with Crippen molar-refractivity contribution < 1.29 is 4.74 Å². The Morgan fingerprint density at radius 1 is 1.22 bits per heavy atom. The molecule has 1 aromatic rings. The molecule has 0 aromatic heterocycles. The van der Waals surface area contributed by atoms with Crippen molar-refractivity contribution in [3.8, 4) is 5.75 Å². The summed E-state index contributed by atoms with van der Waals surface area (Å²) in [5.41, 5.74) is 9.47. The highest BCUT2D eigenvalue weighted by atomic mass is 16.5. The average Bonchev–Trinajstić information content (AvgIpc) is 2.27. The molecule has 0 fully saturated rings. The molecular weight excluding hydrogens is 224 g/mol. The summed E-state index contributed by atoms with van der Waals surface area (Å²) in [7, 11) is 1.71. The fraction of sp³-hybridized carbons (Fsp3) is 0.600. The zero-order valence-electron chi connectivity index (χ0n) is 12.3. The van der Waals surface area contributed by atoms with Crippen molar-refractivity contribution in [1.29, 1.82) is 0 Å². The van der Waals surface area contributed by atoms with Gasteiger partial charge in [-0.2, -0.15) is 0 Å². The van der Waals surface area contributed by atoms with Crippen molar-refractivity contribution in [2.75, 3.05) is 19.0 Å². The van der Waals surface area contributed by atoms with Crippen LogP contribution in [0.25, 0.3) is 0 Å². The summed E-state index contributed by atoms with van der Waals surface area (Å²) in [6.45, 7) is 9.24. The monoisotopic (exact) mass is 250 g/mol. The summed E-state index contributed by atoms with van der Waals surface area (Å²) in [6.07, 6.45) is 2.06. The summed E-state index contributed by atoms with van der Waals surface area (Å²) in [6, 6.07) is 4.21. The maximum atomic E-state index is 5.96. The van der Waals surface area contributed by atoms with Gasteiger partial charge in [0.2, 0.25) is 0 Å². The third-order valence-corrected chi connectivity index (χ3v) is 3.13. The van der Waals surface area contributed by atoms with Gasteiger partial charge >= 0.3 is 0 Å². The number of benzene rings is 1. The molecule has 0 heterocycles. The van der Waals surface area contributed by atoms with Gasteiger partial charge in [0.1, 0.15) is 5.75 Å². The third kappa shape index (κ3) is 4.57. The number of nitrogens with one attached hydrogen (secondary N) is 1. The van der Waals surface area contributed by atoms with Gasteiger partial charge in [-0.3, -0.25) is 0 Å². The average molecular weight is 250 g/mol. The van der Waals surface area contributed by atoms with Crippen LogP contribution in [0.4, 0.5) is 5.69 Å². The number of methoxy groups -OCH3 is 1. The second-order valence-corrected chi connectivity index (χ2v) is 5.66. The molecule has 3 heteroatoms. The quantitative estimate of drug-likeness (QED) is 0.762. The molecule has 0 saturated heterocycles. The summed E-state index contributed by atoms with van der Waals surface area (Å²) >= 11 is 0. The van der Waals surface area contributed by atoms with E-state index in [1.807, 2.05) is 0 Å². The molecule has 1 rings (SSSR count). The van der Waals surface area contributed by atoms with Crippen molar-refractivity contribution >= 4 is 5.69 Å². The fourth-order valence-corrected chi connectivity index (χ4v) is 1.86. The largest absolute Gasteiger partial charge is 0.495 e. The molecule has 0 unspecified atom stereocenters. The van der Waals surface area contributed by atoms with Gasteiger partial charge in [-0.25, -0.2) is 0 Å². The minimum atomic E-state index is -0.0883. The van der Waals surface area contributed by atoms with Gasteiger partial charge in [0.25, 0.3) is 0 Å². The van der Waals surface area contributed by atoms with Crippen LogP contribution in [0.5, 0.6) is 5.75 Å². The lowest BCUT2D eigenvalue weighted by atomic mass is 10.0. The Kier molecular flexibility index (Phi) is 5.03. The van der Waals surface area contributed by atoms with E-state index in [9.17, 15) is 0 Å². The molecule has 0 aliphatic rings. The van der Waals surface area contributed by atoms with Crippen LogP contribution < -0.4 is 15.8 Å². The SMILES string of the molecule is COc1cc(C)c(C)cc1NCCCC(C)(C)N. The Bertz CT molecular complexity index is 394. The summed E-state index contributed by atoms with van der Waals surface area (Å²) in [4.78, 5) is 0. The van der Waals surface area contributed by atoms with Gasteiger partial charge < -0.3 is 15.8 Å². The molecule has 0 aliphatic carbocycles. The van der Waals surface area contributed by atoms with Gasteiger partial charge in [0.15, 0.2) is 0 Å². The molecule has 0 aliphatic heterocycles. The minimum Gasteiger partial charge on any atom is -0.495 e. The molecule has 3 N–H and O–H groups in total. The molecular formula is C15H26N2O. The van der Waals surface area contributed by atoms with Gasteiger partial charge in [0.05, 0.1) is 12.8 Å². The first kappa shape index (κ1) is 14.8. The highest BCUT2D eigenvalue weighted by Gasteiger charge is 2.10. The minimum absolute atomic E-state index is 0.0883. The van der Waals surface area contributed by atoms with E-state index in [0.717, 1.165) is 30.8 Å². The molecule has 1 aromatic carbocycles. The first-order chi connectivity index (χ1) is 8.33. The lowest BCUT2D eigenvalue weighted by Crippen LogP contribution is -2.32. The Morgan fingerprint density at radius 3 is 2.39 bits per heavy atom. The van der Waals surface area contributed by atoms with Gasteiger partial charge in [0, 0.05) is 12.1 Å². The van der Waals surface area contributed by atoms with E-state index in [0.29, 0.717) is 0 Å². The van der Waals surface area contributed by atoms with E-state index in [-0.39, 0.29) is 5.54 Å². The molecule has 0 bridgehead atoms. The molecule has 0 saturated carbocycles. The number of hydrogen-bond acceptors (Lipinski definition) is 3. The second kappa shape index (κ2) is 6.10. The van der Waals surface area contributed by atoms with Crippen LogP contribution in [-0.2, 0) is 0 Å². The Balaban J connectivity index is 2.59. The number of nitrogens with two attached hydrogens (primary N) is 1. The zero-order chi connectivity index (χ0) is 13.8. The van der Waals surface area contributed by atoms with Crippen LogP contribution in [-0.4, -0.2) is 19.2 Å². The van der Waals surface area contributed by atoms with Crippen LogP contribution >= 0.6 is 0 Å². The fourth-order valence-electron chi connectivity index (χ4n) is 1.86. The number of rotatable bonds is 6. The second-order valence-electron chi connectivity index (χ2n) is 5.66. The number of anilines is 1. The maximum Gasteiger partial charge on any atom is 0.142 e. The molecule has 3 nitrogen and oxygen atoms in total. The maximum absolute atomic E-state index is 5.96. The predicted octanol–water partition coefficient (Wildman–Crippen LogP) is 3.24. The molecule has 0 atom stereocenters. The lowest BCUT2D eigenvalue weighted by molar-refractivity contribution is 0.415. The van der Waals surface area contributed by atoms with E-state index in [2.05, 4.69) is 45.1 Å². The highest BCUT2D eigenvalue weighted by molar-refractivity contribution is 5.59. The molecule has 18 heavy (non-hydrogen) atoms. The summed E-state index contributed by atoms with van der Waals surface area (Å²) < 4.78 is 5.39. The Labute approximate surface area is 111 Å². The van der Waals surface area contributed by atoms with E-state index in [1.54, 1.807) is 7.11 Å². The van der Waals surface area contributed by atoms with Crippen molar-refractivity contribution in [1.82, 2.24) is 0 Å². The predicted molar refractivity (Wildman–Crippen MR) is 78.5 cm³/mol. The van der Waals surface area contributed by atoms with Crippen molar-refractivity contribution in [2.45, 2.75) is 46.1 Å². The lowest BCUT2D eigenvalue weighted by Gasteiger charge is -2.19. The first-order valence-corrected chi connectivity index (χ1v) is 6.51. The van der Waals surface area contributed by atoms with Crippen molar-refractivity contribution in [2.24, 2.45) is 5.73 Å². The van der Waals surface area contributed by atoms with E-state index >= 15 is 0 Å².